The number of halogens is 1. The van der Waals surface area contributed by atoms with Gasteiger partial charge in [-0.2, -0.15) is 5.26 Å². The van der Waals surface area contributed by atoms with Crippen molar-refractivity contribution < 1.29 is 0 Å². The lowest BCUT2D eigenvalue weighted by molar-refractivity contribution is 0.179. The van der Waals surface area contributed by atoms with Crippen LogP contribution in [0, 0.1) is 16.7 Å². The van der Waals surface area contributed by atoms with E-state index in [4.69, 9.17) is 5.26 Å². The van der Waals surface area contributed by atoms with Crippen molar-refractivity contribution >= 4 is 22.6 Å². The average molecular weight is 235 g/mol. The van der Waals surface area contributed by atoms with Crippen LogP contribution < -0.4 is 0 Å². The van der Waals surface area contributed by atoms with Gasteiger partial charge in [0.1, 0.15) is 0 Å². The molecule has 0 aromatic carbocycles. The van der Waals surface area contributed by atoms with Gasteiger partial charge in [0, 0.05) is 10.8 Å². The summed E-state index contributed by atoms with van der Waals surface area (Å²) in [5.74, 6) is 0. The van der Waals surface area contributed by atoms with Crippen molar-refractivity contribution in [2.24, 2.45) is 5.41 Å². The lowest BCUT2D eigenvalue weighted by atomic mass is 9.69. The Morgan fingerprint density at radius 1 is 1.56 bits per heavy atom. The third kappa shape index (κ3) is 1.37. The molecule has 0 N–H and O–H groups in total. The van der Waals surface area contributed by atoms with E-state index in [-0.39, 0.29) is 0 Å². The van der Waals surface area contributed by atoms with E-state index >= 15 is 0 Å². The van der Waals surface area contributed by atoms with Crippen molar-refractivity contribution in [2.45, 2.75) is 25.7 Å². The number of rotatable bonds is 2. The monoisotopic (exact) mass is 235 g/mol. The molecule has 0 bridgehead atoms. The summed E-state index contributed by atoms with van der Waals surface area (Å²) in [6.45, 7) is 0. The van der Waals surface area contributed by atoms with Crippen LogP contribution in [-0.2, 0) is 0 Å². The van der Waals surface area contributed by atoms with Crippen molar-refractivity contribution in [1.29, 1.82) is 5.26 Å². The number of alkyl halides is 1. The van der Waals surface area contributed by atoms with Gasteiger partial charge in [-0.1, -0.05) is 29.0 Å². The lowest BCUT2D eigenvalue weighted by Gasteiger charge is -2.38. The van der Waals surface area contributed by atoms with Crippen LogP contribution >= 0.6 is 22.6 Å². The van der Waals surface area contributed by atoms with Gasteiger partial charge in [0.2, 0.25) is 0 Å². The van der Waals surface area contributed by atoms with Crippen LogP contribution in [0.1, 0.15) is 25.7 Å². The van der Waals surface area contributed by atoms with Crippen LogP contribution in [0.2, 0.25) is 0 Å². The minimum Gasteiger partial charge on any atom is -0.198 e. The summed E-state index contributed by atoms with van der Waals surface area (Å²) < 4.78 is 1.16. The predicted molar refractivity (Wildman–Crippen MR) is 45.4 cm³/mol. The first-order chi connectivity index (χ1) is 4.33. The van der Waals surface area contributed by atoms with E-state index in [9.17, 15) is 0 Å². The molecule has 1 fully saturated rings. The normalized spacial score (nSPS) is 22.2. The maximum atomic E-state index is 8.44. The summed E-state index contributed by atoms with van der Waals surface area (Å²) in [5, 5.41) is 8.44. The van der Waals surface area contributed by atoms with E-state index in [1.165, 1.54) is 23.7 Å². The first kappa shape index (κ1) is 7.33. The summed E-state index contributed by atoms with van der Waals surface area (Å²) in [6, 6.07) is 2.26. The molecule has 1 rings (SSSR count). The molecule has 0 saturated heterocycles. The molecule has 50 valence electrons. The molecule has 2 heteroatoms. The average Bonchev–Trinajstić information content (AvgIpc) is 1.79. The second-order valence-electron chi connectivity index (χ2n) is 2.82. The summed E-state index contributed by atoms with van der Waals surface area (Å²) >= 11 is 2.39. The topological polar surface area (TPSA) is 23.8 Å². The van der Waals surface area contributed by atoms with Crippen LogP contribution in [0.3, 0.4) is 0 Å². The Labute approximate surface area is 69.6 Å². The molecule has 1 saturated carbocycles. The van der Waals surface area contributed by atoms with Crippen LogP contribution in [0.4, 0.5) is 0 Å². The van der Waals surface area contributed by atoms with E-state index < -0.39 is 0 Å². The molecule has 0 radical (unpaired) electrons. The number of hydrogen-bond donors (Lipinski definition) is 0. The minimum atomic E-state index is 0.440. The molecule has 0 aromatic heterocycles. The molecule has 0 aromatic rings. The second-order valence-corrected chi connectivity index (χ2v) is 3.58. The van der Waals surface area contributed by atoms with Crippen LogP contribution in [0.5, 0.6) is 0 Å². The maximum absolute atomic E-state index is 8.44. The molecule has 0 aliphatic heterocycles. The zero-order chi connectivity index (χ0) is 6.74. The van der Waals surface area contributed by atoms with Gasteiger partial charge in [-0.15, -0.1) is 0 Å². The van der Waals surface area contributed by atoms with E-state index in [1.54, 1.807) is 0 Å². The van der Waals surface area contributed by atoms with Gasteiger partial charge in [0.25, 0.3) is 0 Å². The summed E-state index contributed by atoms with van der Waals surface area (Å²) in [6.07, 6.45) is 4.67. The van der Waals surface area contributed by atoms with Gasteiger partial charge in [-0.3, -0.25) is 0 Å². The number of nitriles is 1. The van der Waals surface area contributed by atoms with Crippen molar-refractivity contribution in [3.8, 4) is 6.07 Å². The second kappa shape index (κ2) is 2.87. The van der Waals surface area contributed by atoms with Gasteiger partial charge in [0.05, 0.1) is 6.07 Å². The van der Waals surface area contributed by atoms with Crippen molar-refractivity contribution in [2.75, 3.05) is 4.43 Å². The Bertz CT molecular complexity index is 127. The maximum Gasteiger partial charge on any atom is 0.0627 e. The Balaban J connectivity index is 2.39. The molecule has 9 heavy (non-hydrogen) atoms. The van der Waals surface area contributed by atoms with Crippen molar-refractivity contribution in [3.63, 3.8) is 0 Å². The molecule has 0 heterocycles. The Morgan fingerprint density at radius 2 is 2.22 bits per heavy atom. The van der Waals surface area contributed by atoms with Gasteiger partial charge in [-0.25, -0.2) is 0 Å². The lowest BCUT2D eigenvalue weighted by Crippen LogP contribution is -2.30. The SMILES string of the molecule is N#CCC1(CI)CCC1. The first-order valence-electron chi connectivity index (χ1n) is 3.26. The van der Waals surface area contributed by atoms with Gasteiger partial charge in [0.15, 0.2) is 0 Å². The fraction of sp³-hybridized carbons (Fsp3) is 0.857. The highest BCUT2D eigenvalue weighted by Gasteiger charge is 2.35. The smallest absolute Gasteiger partial charge is 0.0627 e. The zero-order valence-corrected chi connectivity index (χ0v) is 7.52. The molecule has 1 aliphatic rings. The molecule has 0 spiro atoms. The summed E-state index contributed by atoms with van der Waals surface area (Å²) in [5.41, 5.74) is 0.440. The molecule has 0 amide bonds. The summed E-state index contributed by atoms with van der Waals surface area (Å²) in [7, 11) is 0. The third-order valence-corrected chi connectivity index (χ3v) is 3.77. The highest BCUT2D eigenvalue weighted by Crippen LogP contribution is 2.44. The van der Waals surface area contributed by atoms with Crippen LogP contribution in [-0.4, -0.2) is 4.43 Å². The largest absolute Gasteiger partial charge is 0.198 e. The fourth-order valence-electron chi connectivity index (χ4n) is 1.20. The molecule has 0 atom stereocenters. The molecule has 1 nitrogen and oxygen atoms in total. The predicted octanol–water partition coefficient (Wildman–Crippen LogP) is 2.51. The quantitative estimate of drug-likeness (QED) is 0.532. The molecular weight excluding hydrogens is 225 g/mol. The molecule has 1 aliphatic carbocycles. The highest BCUT2D eigenvalue weighted by atomic mass is 127. The van der Waals surface area contributed by atoms with Gasteiger partial charge >= 0.3 is 0 Å². The van der Waals surface area contributed by atoms with E-state index in [1.807, 2.05) is 0 Å². The highest BCUT2D eigenvalue weighted by molar-refractivity contribution is 14.1. The Morgan fingerprint density at radius 3 is 2.33 bits per heavy atom. The van der Waals surface area contributed by atoms with E-state index in [0.717, 1.165) is 6.42 Å². The molecular formula is C7H10IN. The van der Waals surface area contributed by atoms with Gasteiger partial charge < -0.3 is 0 Å². The fourth-order valence-corrected chi connectivity index (χ4v) is 2.23. The summed E-state index contributed by atoms with van der Waals surface area (Å²) in [4.78, 5) is 0. The Hall–Kier alpha value is 0.220. The zero-order valence-electron chi connectivity index (χ0n) is 5.36. The van der Waals surface area contributed by atoms with E-state index in [0.29, 0.717) is 5.41 Å². The van der Waals surface area contributed by atoms with Crippen molar-refractivity contribution in [1.82, 2.24) is 0 Å². The van der Waals surface area contributed by atoms with Crippen LogP contribution in [0.25, 0.3) is 0 Å². The van der Waals surface area contributed by atoms with E-state index in [2.05, 4.69) is 28.7 Å². The standard InChI is InChI=1S/C7H10IN/c8-6-7(4-5-9)2-1-3-7/h1-4,6H2. The first-order valence-corrected chi connectivity index (χ1v) is 4.78. The Kier molecular flexibility index (Phi) is 2.34. The van der Waals surface area contributed by atoms with Crippen LogP contribution in [0.15, 0.2) is 0 Å². The number of hydrogen-bond acceptors (Lipinski definition) is 1. The van der Waals surface area contributed by atoms with Gasteiger partial charge in [-0.05, 0) is 18.3 Å². The number of nitrogens with zero attached hydrogens (tertiary/aromatic N) is 1. The third-order valence-electron chi connectivity index (χ3n) is 2.15. The van der Waals surface area contributed by atoms with Crippen molar-refractivity contribution in [3.05, 3.63) is 0 Å². The minimum absolute atomic E-state index is 0.440. The molecule has 0 unspecified atom stereocenters.